The molecule has 1 aromatic carbocycles. The van der Waals surface area contributed by atoms with Crippen LogP contribution < -0.4 is 5.73 Å². The Kier molecular flexibility index (Phi) is 3.52. The van der Waals surface area contributed by atoms with Crippen LogP contribution in [0.15, 0.2) is 34.9 Å². The van der Waals surface area contributed by atoms with E-state index in [1.165, 1.54) is 0 Å². The van der Waals surface area contributed by atoms with Crippen LogP contribution in [0.2, 0.25) is 0 Å². The molecule has 1 heterocycles. The van der Waals surface area contributed by atoms with Gasteiger partial charge in [0.05, 0.1) is 5.69 Å². The highest BCUT2D eigenvalue weighted by atomic mass is 79.9. The van der Waals surface area contributed by atoms with Gasteiger partial charge in [-0.05, 0) is 25.5 Å². The zero-order valence-electron chi connectivity index (χ0n) is 10.0. The number of nitrogens with two attached hydrogens (primary N) is 1. The molecule has 1 aromatic heterocycles. The van der Waals surface area contributed by atoms with Crippen molar-refractivity contribution in [3.8, 4) is 11.3 Å². The molecule has 0 aliphatic heterocycles. The van der Waals surface area contributed by atoms with Crippen molar-refractivity contribution in [3.63, 3.8) is 0 Å². The van der Waals surface area contributed by atoms with E-state index in [0.717, 1.165) is 27.8 Å². The van der Waals surface area contributed by atoms with Crippen molar-refractivity contribution in [1.82, 2.24) is 9.78 Å². The summed E-state index contributed by atoms with van der Waals surface area (Å²) >= 11 is 3.42. The van der Waals surface area contributed by atoms with Gasteiger partial charge in [0.25, 0.3) is 0 Å². The fourth-order valence-electron chi connectivity index (χ4n) is 1.65. The number of hydrogen-bond acceptors (Lipinski definition) is 2. The number of nitrogens with zero attached hydrogens (tertiary/aromatic N) is 2. The van der Waals surface area contributed by atoms with Crippen molar-refractivity contribution in [1.29, 1.82) is 0 Å². The quantitative estimate of drug-likeness (QED) is 0.934. The first-order chi connectivity index (χ1) is 8.11. The second-order valence-electron chi connectivity index (χ2n) is 4.18. The number of rotatable bonds is 3. The SMILES string of the molecule is CCC(C)n1cc(N)c(-c2ccc(Br)cc2)n1. The van der Waals surface area contributed by atoms with E-state index in [2.05, 4.69) is 34.9 Å². The van der Waals surface area contributed by atoms with E-state index in [-0.39, 0.29) is 0 Å². The van der Waals surface area contributed by atoms with Crippen molar-refractivity contribution in [2.45, 2.75) is 26.3 Å². The predicted molar refractivity (Wildman–Crippen MR) is 74.8 cm³/mol. The smallest absolute Gasteiger partial charge is 0.115 e. The third-order valence-electron chi connectivity index (χ3n) is 2.92. The highest BCUT2D eigenvalue weighted by molar-refractivity contribution is 9.10. The molecule has 2 aromatic rings. The first kappa shape index (κ1) is 12.2. The molecule has 0 saturated heterocycles. The highest BCUT2D eigenvalue weighted by Crippen LogP contribution is 2.27. The van der Waals surface area contributed by atoms with Crippen LogP contribution in [-0.4, -0.2) is 9.78 Å². The van der Waals surface area contributed by atoms with Gasteiger partial charge in [-0.1, -0.05) is 35.0 Å². The summed E-state index contributed by atoms with van der Waals surface area (Å²) in [5, 5.41) is 4.56. The van der Waals surface area contributed by atoms with Gasteiger partial charge >= 0.3 is 0 Å². The molecular weight excluding hydrogens is 278 g/mol. The van der Waals surface area contributed by atoms with E-state index >= 15 is 0 Å². The van der Waals surface area contributed by atoms with Crippen molar-refractivity contribution in [3.05, 3.63) is 34.9 Å². The topological polar surface area (TPSA) is 43.8 Å². The molecule has 0 aliphatic rings. The number of aromatic nitrogens is 2. The van der Waals surface area contributed by atoms with E-state index in [1.807, 2.05) is 35.1 Å². The second-order valence-corrected chi connectivity index (χ2v) is 5.09. The molecule has 2 N–H and O–H groups in total. The van der Waals surface area contributed by atoms with Crippen molar-refractivity contribution >= 4 is 21.6 Å². The van der Waals surface area contributed by atoms with Gasteiger partial charge in [-0.3, -0.25) is 4.68 Å². The molecule has 0 aliphatic carbocycles. The molecule has 0 saturated carbocycles. The van der Waals surface area contributed by atoms with Crippen LogP contribution in [-0.2, 0) is 0 Å². The monoisotopic (exact) mass is 293 g/mol. The Bertz CT molecular complexity index is 502. The summed E-state index contributed by atoms with van der Waals surface area (Å²) in [6.45, 7) is 4.28. The summed E-state index contributed by atoms with van der Waals surface area (Å²) in [5.41, 5.74) is 8.65. The highest BCUT2D eigenvalue weighted by Gasteiger charge is 2.11. The Morgan fingerprint density at radius 2 is 2.00 bits per heavy atom. The van der Waals surface area contributed by atoms with Crippen LogP contribution in [0.5, 0.6) is 0 Å². The maximum atomic E-state index is 6.01. The predicted octanol–water partition coefficient (Wildman–Crippen LogP) is 3.87. The lowest BCUT2D eigenvalue weighted by atomic mass is 10.1. The lowest BCUT2D eigenvalue weighted by molar-refractivity contribution is 0.479. The molecule has 0 spiro atoms. The van der Waals surface area contributed by atoms with Gasteiger partial charge in [0, 0.05) is 22.3 Å². The molecule has 90 valence electrons. The number of halogens is 1. The normalized spacial score (nSPS) is 12.6. The Hall–Kier alpha value is -1.29. The van der Waals surface area contributed by atoms with Crippen molar-refractivity contribution in [2.75, 3.05) is 5.73 Å². The second kappa shape index (κ2) is 4.92. The summed E-state index contributed by atoms with van der Waals surface area (Å²) in [5.74, 6) is 0. The number of nitrogen functional groups attached to an aromatic ring is 1. The number of hydrogen-bond donors (Lipinski definition) is 1. The molecule has 1 unspecified atom stereocenters. The lowest BCUT2D eigenvalue weighted by Gasteiger charge is -2.07. The van der Waals surface area contributed by atoms with Gasteiger partial charge in [-0.2, -0.15) is 5.10 Å². The molecule has 0 fully saturated rings. The number of anilines is 1. The van der Waals surface area contributed by atoms with E-state index in [4.69, 9.17) is 5.73 Å². The van der Waals surface area contributed by atoms with Gasteiger partial charge in [-0.25, -0.2) is 0 Å². The van der Waals surface area contributed by atoms with Crippen LogP contribution in [0.3, 0.4) is 0 Å². The van der Waals surface area contributed by atoms with Crippen LogP contribution in [0.1, 0.15) is 26.3 Å². The summed E-state index contributed by atoms with van der Waals surface area (Å²) < 4.78 is 2.99. The molecule has 2 rings (SSSR count). The third-order valence-corrected chi connectivity index (χ3v) is 3.45. The molecule has 3 nitrogen and oxygen atoms in total. The fraction of sp³-hybridized carbons (Fsp3) is 0.308. The van der Waals surface area contributed by atoms with Gasteiger partial charge < -0.3 is 5.73 Å². The largest absolute Gasteiger partial charge is 0.396 e. The van der Waals surface area contributed by atoms with Gasteiger partial charge in [0.1, 0.15) is 5.69 Å². The van der Waals surface area contributed by atoms with E-state index in [1.54, 1.807) is 0 Å². The lowest BCUT2D eigenvalue weighted by Crippen LogP contribution is -2.04. The minimum Gasteiger partial charge on any atom is -0.396 e. The molecule has 4 heteroatoms. The Labute approximate surface area is 110 Å². The maximum Gasteiger partial charge on any atom is 0.115 e. The Morgan fingerprint density at radius 1 is 1.35 bits per heavy atom. The average Bonchev–Trinajstić information content (AvgIpc) is 2.71. The van der Waals surface area contributed by atoms with Crippen LogP contribution in [0, 0.1) is 0 Å². The summed E-state index contributed by atoms with van der Waals surface area (Å²) in [6.07, 6.45) is 2.95. The molecule has 0 bridgehead atoms. The van der Waals surface area contributed by atoms with Crippen molar-refractivity contribution < 1.29 is 0 Å². The number of benzene rings is 1. The Balaban J connectivity index is 2.39. The first-order valence-electron chi connectivity index (χ1n) is 5.72. The fourth-order valence-corrected chi connectivity index (χ4v) is 1.92. The average molecular weight is 294 g/mol. The van der Waals surface area contributed by atoms with Gasteiger partial charge in [0.15, 0.2) is 0 Å². The molecule has 17 heavy (non-hydrogen) atoms. The molecular formula is C13H16BrN3. The first-order valence-corrected chi connectivity index (χ1v) is 6.51. The summed E-state index contributed by atoms with van der Waals surface area (Å²) in [6, 6.07) is 8.41. The van der Waals surface area contributed by atoms with Crippen LogP contribution in [0.4, 0.5) is 5.69 Å². The van der Waals surface area contributed by atoms with E-state index in [9.17, 15) is 0 Å². The minimum atomic E-state index is 0.376. The maximum absolute atomic E-state index is 6.01. The zero-order chi connectivity index (χ0) is 12.4. The van der Waals surface area contributed by atoms with Crippen LogP contribution >= 0.6 is 15.9 Å². The standard InChI is InChI=1S/C13H16BrN3/c1-3-9(2)17-8-12(15)13(16-17)10-4-6-11(14)7-5-10/h4-9H,3,15H2,1-2H3. The van der Waals surface area contributed by atoms with Crippen molar-refractivity contribution in [2.24, 2.45) is 0 Å². The molecule has 0 amide bonds. The Morgan fingerprint density at radius 3 is 2.59 bits per heavy atom. The van der Waals surface area contributed by atoms with E-state index < -0.39 is 0 Å². The van der Waals surface area contributed by atoms with Gasteiger partial charge in [0.2, 0.25) is 0 Å². The molecule has 1 atom stereocenters. The van der Waals surface area contributed by atoms with Gasteiger partial charge in [-0.15, -0.1) is 0 Å². The minimum absolute atomic E-state index is 0.376. The summed E-state index contributed by atoms with van der Waals surface area (Å²) in [4.78, 5) is 0. The summed E-state index contributed by atoms with van der Waals surface area (Å²) in [7, 11) is 0. The third kappa shape index (κ3) is 2.52. The van der Waals surface area contributed by atoms with Crippen LogP contribution in [0.25, 0.3) is 11.3 Å². The van der Waals surface area contributed by atoms with E-state index in [0.29, 0.717) is 6.04 Å². The zero-order valence-corrected chi connectivity index (χ0v) is 11.6. The molecule has 0 radical (unpaired) electrons.